The summed E-state index contributed by atoms with van der Waals surface area (Å²) in [5.74, 6) is -0.0228. The van der Waals surface area contributed by atoms with Gasteiger partial charge in [-0.1, -0.05) is 24.3 Å². The molecule has 3 heteroatoms. The summed E-state index contributed by atoms with van der Waals surface area (Å²) in [5.41, 5.74) is 3.62. The zero-order valence-corrected chi connectivity index (χ0v) is 12.1. The van der Waals surface area contributed by atoms with E-state index in [1.54, 1.807) is 0 Å². The maximum atomic E-state index is 11.0. The van der Waals surface area contributed by atoms with Crippen molar-refractivity contribution in [2.24, 2.45) is 0 Å². The van der Waals surface area contributed by atoms with Crippen molar-refractivity contribution in [3.8, 4) is 0 Å². The van der Waals surface area contributed by atoms with Crippen LogP contribution in [0.15, 0.2) is 36.4 Å². The van der Waals surface area contributed by atoms with Gasteiger partial charge in [-0.3, -0.25) is 9.69 Å². The fraction of sp³-hybridized carbons (Fsp3) is 0.471. The predicted molar refractivity (Wildman–Crippen MR) is 81.5 cm³/mol. The van der Waals surface area contributed by atoms with Gasteiger partial charge in [0, 0.05) is 31.2 Å². The second kappa shape index (κ2) is 5.41. The van der Waals surface area contributed by atoms with E-state index in [9.17, 15) is 4.79 Å². The van der Waals surface area contributed by atoms with Gasteiger partial charge in [-0.15, -0.1) is 0 Å². The van der Waals surface area contributed by atoms with Crippen LogP contribution < -0.4 is 5.32 Å². The largest absolute Gasteiger partial charge is 0.326 e. The van der Waals surface area contributed by atoms with Crippen molar-refractivity contribution < 1.29 is 4.79 Å². The topological polar surface area (TPSA) is 32.3 Å². The first-order valence-electron chi connectivity index (χ1n) is 7.41. The summed E-state index contributed by atoms with van der Waals surface area (Å²) in [4.78, 5) is 13.7. The number of hydrogen-bond acceptors (Lipinski definition) is 2. The van der Waals surface area contributed by atoms with Crippen molar-refractivity contribution in [1.29, 1.82) is 0 Å². The van der Waals surface area contributed by atoms with Gasteiger partial charge in [0.2, 0.25) is 5.91 Å². The highest BCUT2D eigenvalue weighted by molar-refractivity contribution is 5.88. The Kier molecular flexibility index (Phi) is 3.62. The molecule has 2 unspecified atom stereocenters. The van der Waals surface area contributed by atoms with Crippen LogP contribution in [0.2, 0.25) is 0 Å². The first-order valence-corrected chi connectivity index (χ1v) is 7.41. The molecule has 1 aromatic carbocycles. The van der Waals surface area contributed by atoms with E-state index in [1.807, 2.05) is 12.1 Å². The van der Waals surface area contributed by atoms with E-state index in [4.69, 9.17) is 0 Å². The van der Waals surface area contributed by atoms with Gasteiger partial charge in [0.1, 0.15) is 0 Å². The highest BCUT2D eigenvalue weighted by atomic mass is 16.1. The molecule has 2 saturated heterocycles. The van der Waals surface area contributed by atoms with Crippen molar-refractivity contribution in [3.63, 3.8) is 0 Å². The average molecular weight is 270 g/mol. The van der Waals surface area contributed by atoms with Crippen LogP contribution >= 0.6 is 0 Å². The number of carbonyl (C=O) groups is 1. The minimum Gasteiger partial charge on any atom is -0.326 e. The third-order valence-corrected chi connectivity index (χ3v) is 4.46. The molecule has 2 fully saturated rings. The van der Waals surface area contributed by atoms with E-state index < -0.39 is 0 Å². The number of anilines is 1. The van der Waals surface area contributed by atoms with Crippen molar-refractivity contribution >= 4 is 11.6 Å². The zero-order valence-electron chi connectivity index (χ0n) is 12.1. The molecule has 2 atom stereocenters. The minimum atomic E-state index is -0.0228. The molecule has 0 aliphatic carbocycles. The quantitative estimate of drug-likeness (QED) is 0.854. The summed E-state index contributed by atoms with van der Waals surface area (Å²) in [5, 5.41) is 2.81. The summed E-state index contributed by atoms with van der Waals surface area (Å²) in [6, 6.07) is 9.60. The van der Waals surface area contributed by atoms with E-state index >= 15 is 0 Å². The highest BCUT2D eigenvalue weighted by Gasteiger charge is 2.37. The highest BCUT2D eigenvalue weighted by Crippen LogP contribution is 2.38. The number of nitrogens with one attached hydrogen (secondary N) is 1. The van der Waals surface area contributed by atoms with Gasteiger partial charge in [-0.2, -0.15) is 0 Å². The summed E-state index contributed by atoms with van der Waals surface area (Å²) in [6.07, 6.45) is 4.96. The molecule has 1 aromatic rings. The number of nitrogens with zero attached hydrogens (tertiary/aromatic N) is 1. The van der Waals surface area contributed by atoms with Crippen molar-refractivity contribution in [2.75, 3.05) is 5.32 Å². The molecule has 0 saturated carbocycles. The van der Waals surface area contributed by atoms with Gasteiger partial charge in [-0.05, 0) is 43.4 Å². The van der Waals surface area contributed by atoms with Gasteiger partial charge in [-0.25, -0.2) is 0 Å². The molecule has 3 nitrogen and oxygen atoms in total. The zero-order chi connectivity index (χ0) is 14.1. The van der Waals surface area contributed by atoms with Gasteiger partial charge in [0.25, 0.3) is 0 Å². The number of benzene rings is 1. The van der Waals surface area contributed by atoms with Gasteiger partial charge in [0.15, 0.2) is 0 Å². The fourth-order valence-electron chi connectivity index (χ4n) is 3.57. The van der Waals surface area contributed by atoms with Gasteiger partial charge in [0.05, 0.1) is 0 Å². The average Bonchev–Trinajstić information content (AvgIpc) is 2.64. The first-order chi connectivity index (χ1) is 9.61. The Bertz CT molecular complexity index is 504. The van der Waals surface area contributed by atoms with E-state index in [-0.39, 0.29) is 5.91 Å². The summed E-state index contributed by atoms with van der Waals surface area (Å²) < 4.78 is 0. The van der Waals surface area contributed by atoms with Crippen molar-refractivity contribution in [2.45, 2.75) is 51.2 Å². The maximum Gasteiger partial charge on any atom is 0.221 e. The van der Waals surface area contributed by atoms with Crippen LogP contribution in [0, 0.1) is 0 Å². The molecular formula is C17H22N2O. The summed E-state index contributed by atoms with van der Waals surface area (Å²) in [6.45, 7) is 6.72. The van der Waals surface area contributed by atoms with Gasteiger partial charge < -0.3 is 5.32 Å². The second-order valence-corrected chi connectivity index (χ2v) is 6.09. The molecule has 0 radical (unpaired) electrons. The lowest BCUT2D eigenvalue weighted by molar-refractivity contribution is -0.114. The Labute approximate surface area is 120 Å². The molecule has 106 valence electrons. The number of carbonyl (C=O) groups excluding carboxylic acids is 1. The Hall–Kier alpha value is -1.61. The number of fused-ring (bicyclic) bond motifs is 2. The minimum absolute atomic E-state index is 0.0228. The Morgan fingerprint density at radius 1 is 1.25 bits per heavy atom. The lowest BCUT2D eigenvalue weighted by Gasteiger charge is -2.35. The predicted octanol–water partition coefficient (Wildman–Crippen LogP) is 3.33. The van der Waals surface area contributed by atoms with Crippen LogP contribution in [0.1, 0.15) is 38.2 Å². The number of amides is 1. The lowest BCUT2D eigenvalue weighted by Crippen LogP contribution is -2.39. The third-order valence-electron chi connectivity index (χ3n) is 4.46. The van der Waals surface area contributed by atoms with E-state index in [2.05, 4.69) is 28.9 Å². The molecule has 2 heterocycles. The smallest absolute Gasteiger partial charge is 0.221 e. The van der Waals surface area contributed by atoms with Crippen LogP contribution in [-0.4, -0.2) is 22.9 Å². The molecule has 2 aliphatic heterocycles. The van der Waals surface area contributed by atoms with Gasteiger partial charge >= 0.3 is 0 Å². The lowest BCUT2D eigenvalue weighted by atomic mass is 9.97. The Balaban J connectivity index is 1.66. The molecule has 2 bridgehead atoms. The molecule has 3 rings (SSSR count). The molecule has 1 N–H and O–H groups in total. The number of piperidine rings is 1. The standard InChI is InChI=1S/C17H22N2O/c1-12-9-16-7-8-17(10-12)19(16)11-14-3-5-15(6-4-14)18-13(2)20/h3-6,16-17H,1,7-11H2,2H3,(H,18,20). The molecule has 20 heavy (non-hydrogen) atoms. The Morgan fingerprint density at radius 2 is 1.85 bits per heavy atom. The van der Waals surface area contributed by atoms with Crippen LogP contribution in [0.3, 0.4) is 0 Å². The van der Waals surface area contributed by atoms with E-state index in [0.717, 1.165) is 12.2 Å². The molecule has 1 amide bonds. The number of hydrogen-bond donors (Lipinski definition) is 1. The fourth-order valence-corrected chi connectivity index (χ4v) is 3.57. The van der Waals surface area contributed by atoms with Crippen LogP contribution in [0.25, 0.3) is 0 Å². The monoisotopic (exact) mass is 270 g/mol. The van der Waals surface area contributed by atoms with Crippen LogP contribution in [0.5, 0.6) is 0 Å². The van der Waals surface area contributed by atoms with Crippen molar-refractivity contribution in [3.05, 3.63) is 42.0 Å². The second-order valence-electron chi connectivity index (χ2n) is 6.09. The summed E-state index contributed by atoms with van der Waals surface area (Å²) >= 11 is 0. The van der Waals surface area contributed by atoms with Crippen molar-refractivity contribution in [1.82, 2.24) is 4.90 Å². The Morgan fingerprint density at radius 3 is 2.40 bits per heavy atom. The molecule has 0 spiro atoms. The molecule has 2 aliphatic rings. The van der Waals surface area contributed by atoms with E-state index in [1.165, 1.54) is 43.7 Å². The van der Waals surface area contributed by atoms with Crippen LogP contribution in [-0.2, 0) is 11.3 Å². The van der Waals surface area contributed by atoms with Crippen LogP contribution in [0.4, 0.5) is 5.69 Å². The maximum absolute atomic E-state index is 11.0. The van der Waals surface area contributed by atoms with E-state index in [0.29, 0.717) is 12.1 Å². The normalized spacial score (nSPS) is 25.8. The SMILES string of the molecule is C=C1CC2CCC(C1)N2Cc1ccc(NC(C)=O)cc1. The first kappa shape index (κ1) is 13.4. The molecule has 0 aromatic heterocycles. The number of rotatable bonds is 3. The summed E-state index contributed by atoms with van der Waals surface area (Å²) in [7, 11) is 0. The molecular weight excluding hydrogens is 248 g/mol. The third kappa shape index (κ3) is 2.78.